The molecule has 2 rings (SSSR count). The third kappa shape index (κ3) is 4.37. The maximum absolute atomic E-state index is 5.95. The van der Waals surface area contributed by atoms with Crippen LogP contribution in [0.5, 0.6) is 5.75 Å². The van der Waals surface area contributed by atoms with Gasteiger partial charge in [-0.1, -0.05) is 56.0 Å². The molecule has 0 fully saturated rings. The molecule has 0 aliphatic carbocycles. The Morgan fingerprint density at radius 2 is 1.76 bits per heavy atom. The molecule has 2 heteroatoms. The number of para-hydroxylation sites is 1. The molecular formula is C19H21NO. The standard InChI is InChI=1S/C19H21NO/c1-15(2)18-7-3-4-8-19(18)21-14-17-11-9-16(10-12-17)6-5-13-20/h3-4,7-12,15H,13-14,20H2,1-2H3. The van der Waals surface area contributed by atoms with E-state index in [2.05, 4.69) is 31.8 Å². The Balaban J connectivity index is 2.03. The van der Waals surface area contributed by atoms with Crippen molar-refractivity contribution in [3.05, 3.63) is 65.2 Å². The highest BCUT2D eigenvalue weighted by Crippen LogP contribution is 2.26. The molecule has 2 N–H and O–H groups in total. The van der Waals surface area contributed by atoms with Gasteiger partial charge in [0.2, 0.25) is 0 Å². The van der Waals surface area contributed by atoms with Gasteiger partial charge in [0.25, 0.3) is 0 Å². The molecule has 0 radical (unpaired) electrons. The lowest BCUT2D eigenvalue weighted by molar-refractivity contribution is 0.302. The van der Waals surface area contributed by atoms with Crippen LogP contribution in [0.15, 0.2) is 48.5 Å². The van der Waals surface area contributed by atoms with Crippen LogP contribution >= 0.6 is 0 Å². The maximum Gasteiger partial charge on any atom is 0.123 e. The lowest BCUT2D eigenvalue weighted by Crippen LogP contribution is -1.99. The molecule has 0 aromatic heterocycles. The van der Waals surface area contributed by atoms with Gasteiger partial charge in [-0.05, 0) is 35.2 Å². The fourth-order valence-electron chi connectivity index (χ4n) is 2.09. The van der Waals surface area contributed by atoms with Crippen LogP contribution in [0.2, 0.25) is 0 Å². The number of ether oxygens (including phenoxy) is 1. The Bertz CT molecular complexity index is 633. The summed E-state index contributed by atoms with van der Waals surface area (Å²) in [5.74, 6) is 7.27. The molecule has 0 saturated heterocycles. The van der Waals surface area contributed by atoms with E-state index in [4.69, 9.17) is 10.5 Å². The van der Waals surface area contributed by atoms with Crippen molar-refractivity contribution in [3.8, 4) is 17.6 Å². The summed E-state index contributed by atoms with van der Waals surface area (Å²) >= 11 is 0. The van der Waals surface area contributed by atoms with E-state index in [0.717, 1.165) is 16.9 Å². The minimum atomic E-state index is 0.386. The maximum atomic E-state index is 5.95. The van der Waals surface area contributed by atoms with Gasteiger partial charge >= 0.3 is 0 Å². The van der Waals surface area contributed by atoms with Gasteiger partial charge in [0.05, 0.1) is 6.54 Å². The van der Waals surface area contributed by atoms with Gasteiger partial charge in [0, 0.05) is 5.56 Å². The normalized spacial score (nSPS) is 10.1. The highest BCUT2D eigenvalue weighted by Gasteiger charge is 2.06. The van der Waals surface area contributed by atoms with Crippen molar-refractivity contribution in [3.63, 3.8) is 0 Å². The van der Waals surface area contributed by atoms with Crippen molar-refractivity contribution in [1.82, 2.24) is 0 Å². The second-order valence-corrected chi connectivity index (χ2v) is 5.18. The zero-order chi connectivity index (χ0) is 15.1. The van der Waals surface area contributed by atoms with Gasteiger partial charge in [0.1, 0.15) is 12.4 Å². The Kier molecular flexibility index (Phi) is 5.43. The molecule has 0 unspecified atom stereocenters. The zero-order valence-electron chi connectivity index (χ0n) is 12.6. The first kappa shape index (κ1) is 15.2. The van der Waals surface area contributed by atoms with Crippen LogP contribution in [-0.4, -0.2) is 6.54 Å². The minimum Gasteiger partial charge on any atom is -0.489 e. The fraction of sp³-hybridized carbons (Fsp3) is 0.263. The quantitative estimate of drug-likeness (QED) is 0.866. The predicted octanol–water partition coefficient (Wildman–Crippen LogP) is 3.70. The molecule has 0 aliphatic heterocycles. The summed E-state index contributed by atoms with van der Waals surface area (Å²) in [6.07, 6.45) is 0. The molecular weight excluding hydrogens is 258 g/mol. The van der Waals surface area contributed by atoms with Crippen molar-refractivity contribution in [2.45, 2.75) is 26.4 Å². The number of nitrogens with two attached hydrogens (primary N) is 1. The second-order valence-electron chi connectivity index (χ2n) is 5.18. The Hall–Kier alpha value is -2.24. The summed E-state index contributed by atoms with van der Waals surface area (Å²) in [4.78, 5) is 0. The molecule has 0 spiro atoms. The lowest BCUT2D eigenvalue weighted by atomic mass is 10.0. The highest BCUT2D eigenvalue weighted by molar-refractivity contribution is 5.38. The molecule has 2 aromatic carbocycles. The van der Waals surface area contributed by atoms with Crippen LogP contribution < -0.4 is 10.5 Å². The van der Waals surface area contributed by atoms with Crippen LogP contribution in [0.1, 0.15) is 36.5 Å². The summed E-state index contributed by atoms with van der Waals surface area (Å²) in [7, 11) is 0. The molecule has 0 atom stereocenters. The second kappa shape index (κ2) is 7.52. The zero-order valence-corrected chi connectivity index (χ0v) is 12.6. The van der Waals surface area contributed by atoms with E-state index < -0.39 is 0 Å². The van der Waals surface area contributed by atoms with Gasteiger partial charge in [-0.15, -0.1) is 0 Å². The van der Waals surface area contributed by atoms with Gasteiger partial charge in [-0.3, -0.25) is 0 Å². The summed E-state index contributed by atoms with van der Waals surface area (Å²) < 4.78 is 5.95. The lowest BCUT2D eigenvalue weighted by Gasteiger charge is -2.13. The molecule has 0 amide bonds. The highest BCUT2D eigenvalue weighted by atomic mass is 16.5. The van der Waals surface area contributed by atoms with Crippen LogP contribution in [0, 0.1) is 11.8 Å². The van der Waals surface area contributed by atoms with E-state index in [1.165, 1.54) is 5.56 Å². The first-order valence-corrected chi connectivity index (χ1v) is 7.20. The largest absolute Gasteiger partial charge is 0.489 e. The van der Waals surface area contributed by atoms with Crippen molar-refractivity contribution >= 4 is 0 Å². The van der Waals surface area contributed by atoms with E-state index in [-0.39, 0.29) is 0 Å². The average molecular weight is 279 g/mol. The number of rotatable bonds is 4. The summed E-state index contributed by atoms with van der Waals surface area (Å²) in [5, 5.41) is 0. The Labute approximate surface area is 126 Å². The SMILES string of the molecule is CC(C)c1ccccc1OCc1ccc(C#CCN)cc1. The van der Waals surface area contributed by atoms with Crippen LogP contribution in [0.4, 0.5) is 0 Å². The molecule has 108 valence electrons. The van der Waals surface area contributed by atoms with E-state index in [0.29, 0.717) is 19.1 Å². The smallest absolute Gasteiger partial charge is 0.123 e. The van der Waals surface area contributed by atoms with Crippen LogP contribution in [0.25, 0.3) is 0 Å². The summed E-state index contributed by atoms with van der Waals surface area (Å²) in [5.41, 5.74) is 8.71. The van der Waals surface area contributed by atoms with Crippen molar-refractivity contribution in [1.29, 1.82) is 0 Å². The summed E-state index contributed by atoms with van der Waals surface area (Å²) in [6, 6.07) is 16.3. The molecule has 0 saturated carbocycles. The number of hydrogen-bond donors (Lipinski definition) is 1. The molecule has 2 aromatic rings. The molecule has 2 nitrogen and oxygen atoms in total. The number of hydrogen-bond acceptors (Lipinski definition) is 2. The first-order valence-electron chi connectivity index (χ1n) is 7.20. The van der Waals surface area contributed by atoms with Crippen molar-refractivity contribution in [2.24, 2.45) is 5.73 Å². The van der Waals surface area contributed by atoms with Crippen molar-refractivity contribution in [2.75, 3.05) is 6.54 Å². The van der Waals surface area contributed by atoms with E-state index in [1.54, 1.807) is 0 Å². The molecule has 21 heavy (non-hydrogen) atoms. The van der Waals surface area contributed by atoms with E-state index >= 15 is 0 Å². The monoisotopic (exact) mass is 279 g/mol. The van der Waals surface area contributed by atoms with Crippen LogP contribution in [0.3, 0.4) is 0 Å². The minimum absolute atomic E-state index is 0.386. The topological polar surface area (TPSA) is 35.2 Å². The molecule has 0 bridgehead atoms. The van der Waals surface area contributed by atoms with Crippen LogP contribution in [-0.2, 0) is 6.61 Å². The Morgan fingerprint density at radius 1 is 1.05 bits per heavy atom. The predicted molar refractivity (Wildman–Crippen MR) is 87.2 cm³/mol. The molecule has 0 heterocycles. The Morgan fingerprint density at radius 3 is 2.43 bits per heavy atom. The van der Waals surface area contributed by atoms with Gasteiger partial charge < -0.3 is 10.5 Å². The van der Waals surface area contributed by atoms with Crippen molar-refractivity contribution < 1.29 is 4.74 Å². The molecule has 0 aliphatic rings. The summed E-state index contributed by atoms with van der Waals surface area (Å²) in [6.45, 7) is 5.30. The first-order chi connectivity index (χ1) is 10.2. The van der Waals surface area contributed by atoms with Gasteiger partial charge in [0.15, 0.2) is 0 Å². The number of benzene rings is 2. The van der Waals surface area contributed by atoms with E-state index in [9.17, 15) is 0 Å². The van der Waals surface area contributed by atoms with Gasteiger partial charge in [-0.25, -0.2) is 0 Å². The average Bonchev–Trinajstić information content (AvgIpc) is 2.52. The fourth-order valence-corrected chi connectivity index (χ4v) is 2.09. The third-order valence-corrected chi connectivity index (χ3v) is 3.22. The van der Waals surface area contributed by atoms with Gasteiger partial charge in [-0.2, -0.15) is 0 Å². The third-order valence-electron chi connectivity index (χ3n) is 3.22. The van der Waals surface area contributed by atoms with E-state index in [1.807, 2.05) is 42.5 Å².